The van der Waals surface area contributed by atoms with Crippen LogP contribution in [0, 0.1) is 29.4 Å². The third kappa shape index (κ3) is 3.34. The molecule has 26 heavy (non-hydrogen) atoms. The first-order valence-corrected chi connectivity index (χ1v) is 9.93. The smallest absolute Gasteiger partial charge is 0.240 e. The van der Waals surface area contributed by atoms with Gasteiger partial charge in [-0.1, -0.05) is 36.2 Å². The lowest BCUT2D eigenvalue weighted by Crippen LogP contribution is -2.41. The largest absolute Gasteiger partial charge is 0.352 e. The maximum absolute atomic E-state index is 12.7. The first-order valence-electron chi connectivity index (χ1n) is 9.53. The summed E-state index contributed by atoms with van der Waals surface area (Å²) in [5, 5.41) is 10.4. The maximum atomic E-state index is 12.7. The van der Waals surface area contributed by atoms with Crippen molar-refractivity contribution in [3.63, 3.8) is 0 Å². The second-order valence-corrected chi connectivity index (χ2v) is 8.39. The Morgan fingerprint density at radius 1 is 1.35 bits per heavy atom. The maximum Gasteiger partial charge on any atom is 0.240 e. The number of nitrogens with one attached hydrogen (secondary N) is 2. The minimum absolute atomic E-state index is 0.00568. The van der Waals surface area contributed by atoms with Gasteiger partial charge in [-0.25, -0.2) is 0 Å². The van der Waals surface area contributed by atoms with Crippen molar-refractivity contribution in [1.29, 1.82) is 0 Å². The Balaban J connectivity index is 1.45. The van der Waals surface area contributed by atoms with E-state index in [-0.39, 0.29) is 18.5 Å². The molecule has 1 amide bonds. The van der Waals surface area contributed by atoms with Gasteiger partial charge in [-0.15, -0.1) is 0 Å². The van der Waals surface area contributed by atoms with E-state index >= 15 is 0 Å². The molecule has 1 heterocycles. The highest BCUT2D eigenvalue weighted by Gasteiger charge is 2.42. The van der Waals surface area contributed by atoms with Gasteiger partial charge in [-0.05, 0) is 63.1 Å². The van der Waals surface area contributed by atoms with Crippen LogP contribution >= 0.6 is 12.2 Å². The normalized spacial score (nSPS) is 25.4. The SMILES string of the molecule is Cc1ccc(-c2n[nH]c(=S)n2CC(=O)NC(C)C2CC3CCC2C3)cc1. The van der Waals surface area contributed by atoms with Gasteiger partial charge in [0.25, 0.3) is 0 Å². The first-order chi connectivity index (χ1) is 12.5. The Kier molecular flexibility index (Phi) is 4.69. The van der Waals surface area contributed by atoms with Gasteiger partial charge in [-0.2, -0.15) is 5.10 Å². The van der Waals surface area contributed by atoms with Crippen LogP contribution in [-0.4, -0.2) is 26.7 Å². The molecule has 0 spiro atoms. The topological polar surface area (TPSA) is 62.7 Å². The fraction of sp³-hybridized carbons (Fsp3) is 0.550. The predicted molar refractivity (Wildman–Crippen MR) is 104 cm³/mol. The van der Waals surface area contributed by atoms with Crippen LogP contribution < -0.4 is 5.32 Å². The van der Waals surface area contributed by atoms with E-state index in [2.05, 4.69) is 22.4 Å². The molecule has 6 heteroatoms. The fourth-order valence-electron chi connectivity index (χ4n) is 4.84. The van der Waals surface area contributed by atoms with Crippen molar-refractivity contribution in [3.8, 4) is 11.4 Å². The quantitative estimate of drug-likeness (QED) is 0.786. The van der Waals surface area contributed by atoms with Gasteiger partial charge in [0.05, 0.1) is 0 Å². The molecule has 4 atom stereocenters. The number of aromatic amines is 1. The second kappa shape index (κ2) is 6.99. The molecular formula is C20H26N4OS. The number of rotatable bonds is 5. The third-order valence-electron chi connectivity index (χ3n) is 6.19. The lowest BCUT2D eigenvalue weighted by molar-refractivity contribution is -0.122. The van der Waals surface area contributed by atoms with Gasteiger partial charge in [0.2, 0.25) is 5.91 Å². The van der Waals surface area contributed by atoms with Gasteiger partial charge in [0.1, 0.15) is 6.54 Å². The molecule has 1 aromatic carbocycles. The number of carbonyl (C=O) groups excluding carboxylic acids is 1. The molecule has 2 fully saturated rings. The summed E-state index contributed by atoms with van der Waals surface area (Å²) < 4.78 is 2.26. The van der Waals surface area contributed by atoms with Crippen molar-refractivity contribution in [1.82, 2.24) is 20.1 Å². The summed E-state index contributed by atoms with van der Waals surface area (Å²) in [5.41, 5.74) is 2.14. The average Bonchev–Trinajstić information content (AvgIpc) is 3.33. The van der Waals surface area contributed by atoms with E-state index in [1.165, 1.54) is 31.2 Å². The van der Waals surface area contributed by atoms with Crippen LogP contribution in [0.15, 0.2) is 24.3 Å². The van der Waals surface area contributed by atoms with E-state index in [1.54, 1.807) is 4.57 Å². The summed E-state index contributed by atoms with van der Waals surface area (Å²) in [7, 11) is 0. The van der Waals surface area contributed by atoms with Gasteiger partial charge in [0.15, 0.2) is 10.6 Å². The summed E-state index contributed by atoms with van der Waals surface area (Å²) in [4.78, 5) is 12.7. The molecule has 2 aliphatic rings. The highest BCUT2D eigenvalue weighted by molar-refractivity contribution is 7.71. The molecule has 4 unspecified atom stereocenters. The molecule has 4 rings (SSSR count). The van der Waals surface area contributed by atoms with Crippen molar-refractivity contribution in [2.75, 3.05) is 0 Å². The van der Waals surface area contributed by atoms with E-state index in [4.69, 9.17) is 12.2 Å². The zero-order valence-corrected chi connectivity index (χ0v) is 16.2. The van der Waals surface area contributed by atoms with Crippen molar-refractivity contribution in [3.05, 3.63) is 34.6 Å². The van der Waals surface area contributed by atoms with E-state index < -0.39 is 0 Å². The summed E-state index contributed by atoms with van der Waals surface area (Å²) in [6.45, 7) is 4.40. The summed E-state index contributed by atoms with van der Waals surface area (Å²) >= 11 is 5.35. The van der Waals surface area contributed by atoms with Crippen LogP contribution in [0.4, 0.5) is 0 Å². The molecule has 0 aliphatic heterocycles. The Morgan fingerprint density at radius 3 is 2.77 bits per heavy atom. The van der Waals surface area contributed by atoms with Gasteiger partial charge < -0.3 is 5.32 Å². The van der Waals surface area contributed by atoms with Gasteiger partial charge in [0, 0.05) is 11.6 Å². The number of nitrogens with zero attached hydrogens (tertiary/aromatic N) is 2. The molecule has 138 valence electrons. The predicted octanol–water partition coefficient (Wildman–Crippen LogP) is 3.86. The Morgan fingerprint density at radius 2 is 2.12 bits per heavy atom. The number of aromatic nitrogens is 3. The molecule has 0 saturated heterocycles. The number of hydrogen-bond donors (Lipinski definition) is 2. The highest BCUT2D eigenvalue weighted by atomic mass is 32.1. The number of carbonyl (C=O) groups is 1. The van der Waals surface area contributed by atoms with E-state index in [0.717, 1.165) is 17.4 Å². The summed E-state index contributed by atoms with van der Waals surface area (Å²) in [5.74, 6) is 3.03. The first kappa shape index (κ1) is 17.5. The van der Waals surface area contributed by atoms with Crippen molar-refractivity contribution in [2.24, 2.45) is 17.8 Å². The zero-order chi connectivity index (χ0) is 18.3. The van der Waals surface area contributed by atoms with Gasteiger partial charge in [-0.3, -0.25) is 14.5 Å². The molecule has 2 bridgehead atoms. The molecule has 0 radical (unpaired) electrons. The summed E-state index contributed by atoms with van der Waals surface area (Å²) in [6.07, 6.45) is 5.34. The van der Waals surface area contributed by atoms with Crippen molar-refractivity contribution in [2.45, 2.75) is 52.1 Å². The van der Waals surface area contributed by atoms with Crippen LogP contribution in [0.1, 0.15) is 38.2 Å². The molecule has 2 aliphatic carbocycles. The Bertz CT molecular complexity index is 853. The molecular weight excluding hydrogens is 344 g/mol. The standard InChI is InChI=1S/C20H26N4OS/c1-12-3-6-15(7-4-12)19-22-23-20(26)24(19)11-18(25)21-13(2)17-10-14-5-8-16(17)9-14/h3-4,6-7,13-14,16-17H,5,8-11H2,1-2H3,(H,21,25)(H,23,26). The Labute approximate surface area is 159 Å². The van der Waals surface area contributed by atoms with Crippen LogP contribution in [0.5, 0.6) is 0 Å². The Hall–Kier alpha value is -1.95. The minimum Gasteiger partial charge on any atom is -0.352 e. The zero-order valence-electron chi connectivity index (χ0n) is 15.4. The van der Waals surface area contributed by atoms with Gasteiger partial charge >= 0.3 is 0 Å². The lowest BCUT2D eigenvalue weighted by Gasteiger charge is -2.28. The van der Waals surface area contributed by atoms with E-state index in [1.807, 2.05) is 31.2 Å². The molecule has 2 saturated carbocycles. The number of H-pyrrole nitrogens is 1. The van der Waals surface area contributed by atoms with Crippen LogP contribution in [0.2, 0.25) is 0 Å². The van der Waals surface area contributed by atoms with Crippen LogP contribution in [0.25, 0.3) is 11.4 Å². The fourth-order valence-corrected chi connectivity index (χ4v) is 5.04. The van der Waals surface area contributed by atoms with Crippen molar-refractivity contribution < 1.29 is 4.79 Å². The van der Waals surface area contributed by atoms with Crippen LogP contribution in [0.3, 0.4) is 0 Å². The van der Waals surface area contributed by atoms with E-state index in [0.29, 0.717) is 16.5 Å². The number of aryl methyl sites for hydroxylation is 1. The van der Waals surface area contributed by atoms with Crippen molar-refractivity contribution >= 4 is 18.1 Å². The molecule has 2 aromatic rings. The molecule has 1 aromatic heterocycles. The van der Waals surface area contributed by atoms with E-state index in [9.17, 15) is 4.79 Å². The minimum atomic E-state index is 0.00568. The number of fused-ring (bicyclic) bond motifs is 2. The summed E-state index contributed by atoms with van der Waals surface area (Å²) in [6, 6.07) is 8.31. The number of hydrogen-bond acceptors (Lipinski definition) is 3. The average molecular weight is 371 g/mol. The highest BCUT2D eigenvalue weighted by Crippen LogP contribution is 2.49. The molecule has 2 N–H and O–H groups in total. The second-order valence-electron chi connectivity index (χ2n) is 8.00. The number of benzene rings is 1. The van der Waals surface area contributed by atoms with Crippen LogP contribution in [-0.2, 0) is 11.3 Å². The monoisotopic (exact) mass is 370 g/mol. The lowest BCUT2D eigenvalue weighted by atomic mass is 9.84. The number of amides is 1. The third-order valence-corrected chi connectivity index (χ3v) is 6.51. The molecule has 5 nitrogen and oxygen atoms in total.